The standard InChI is InChI=1S/C23H28N4O3/c1-14(2)20-11-18(19-13-25-27(15(3)4)21(19)26-20)23(29)30-16(5)22(28)24-12-17-9-7-6-8-10-17/h6-11,13-16H,12H2,1-5H3,(H,24,28). The quantitative estimate of drug-likeness (QED) is 0.597. The van der Waals surface area contributed by atoms with Crippen molar-refractivity contribution in [3.05, 3.63) is 59.4 Å². The van der Waals surface area contributed by atoms with E-state index in [0.717, 1.165) is 11.3 Å². The largest absolute Gasteiger partial charge is 0.449 e. The third-order valence-electron chi connectivity index (χ3n) is 4.85. The van der Waals surface area contributed by atoms with Crippen LogP contribution < -0.4 is 5.32 Å². The molecule has 1 amide bonds. The van der Waals surface area contributed by atoms with Crippen molar-refractivity contribution in [2.45, 2.75) is 59.2 Å². The van der Waals surface area contributed by atoms with Crippen LogP contribution in [-0.4, -0.2) is 32.7 Å². The molecule has 2 heterocycles. The van der Waals surface area contributed by atoms with Crippen LogP contribution in [-0.2, 0) is 16.1 Å². The summed E-state index contributed by atoms with van der Waals surface area (Å²) in [6.07, 6.45) is 0.704. The maximum Gasteiger partial charge on any atom is 0.339 e. The van der Waals surface area contributed by atoms with Crippen molar-refractivity contribution in [1.29, 1.82) is 0 Å². The summed E-state index contributed by atoms with van der Waals surface area (Å²) in [7, 11) is 0. The van der Waals surface area contributed by atoms with Gasteiger partial charge in [0, 0.05) is 18.3 Å². The minimum atomic E-state index is -0.924. The van der Waals surface area contributed by atoms with E-state index in [2.05, 4.69) is 15.4 Å². The van der Waals surface area contributed by atoms with Gasteiger partial charge in [-0.15, -0.1) is 0 Å². The molecule has 158 valence electrons. The first-order valence-corrected chi connectivity index (χ1v) is 10.2. The lowest BCUT2D eigenvalue weighted by Crippen LogP contribution is -2.35. The molecule has 0 aliphatic heterocycles. The van der Waals surface area contributed by atoms with Gasteiger partial charge in [-0.3, -0.25) is 4.79 Å². The third-order valence-corrected chi connectivity index (χ3v) is 4.85. The van der Waals surface area contributed by atoms with Crippen LogP contribution in [0.3, 0.4) is 0 Å². The minimum Gasteiger partial charge on any atom is -0.449 e. The Bertz CT molecular complexity index is 1040. The number of hydrogen-bond donors (Lipinski definition) is 1. The van der Waals surface area contributed by atoms with Gasteiger partial charge in [0.1, 0.15) is 0 Å². The van der Waals surface area contributed by atoms with Crippen molar-refractivity contribution in [2.24, 2.45) is 0 Å². The zero-order valence-electron chi connectivity index (χ0n) is 18.0. The van der Waals surface area contributed by atoms with Gasteiger partial charge in [0.2, 0.25) is 0 Å². The van der Waals surface area contributed by atoms with Gasteiger partial charge in [0.25, 0.3) is 5.91 Å². The van der Waals surface area contributed by atoms with Gasteiger partial charge in [0.15, 0.2) is 11.8 Å². The summed E-state index contributed by atoms with van der Waals surface area (Å²) in [5, 5.41) is 7.80. The summed E-state index contributed by atoms with van der Waals surface area (Å²) in [5.41, 5.74) is 2.77. The molecular weight excluding hydrogens is 380 g/mol. The highest BCUT2D eigenvalue weighted by Gasteiger charge is 2.23. The van der Waals surface area contributed by atoms with Gasteiger partial charge in [-0.25, -0.2) is 14.5 Å². The first kappa shape index (κ1) is 21.5. The van der Waals surface area contributed by atoms with E-state index >= 15 is 0 Å². The second kappa shape index (κ2) is 9.07. The van der Waals surface area contributed by atoms with Crippen molar-refractivity contribution in [3.8, 4) is 0 Å². The molecule has 1 unspecified atom stereocenters. The Hall–Kier alpha value is -3.22. The van der Waals surface area contributed by atoms with Gasteiger partial charge in [-0.1, -0.05) is 44.2 Å². The minimum absolute atomic E-state index is 0.101. The molecule has 0 saturated carbocycles. The first-order chi connectivity index (χ1) is 14.3. The summed E-state index contributed by atoms with van der Waals surface area (Å²) in [6, 6.07) is 11.4. The molecule has 1 aromatic carbocycles. The zero-order valence-corrected chi connectivity index (χ0v) is 18.0. The lowest BCUT2D eigenvalue weighted by molar-refractivity contribution is -0.129. The maximum atomic E-state index is 12.9. The molecule has 0 aliphatic rings. The van der Waals surface area contributed by atoms with Crippen LogP contribution in [0.25, 0.3) is 11.0 Å². The Labute approximate surface area is 176 Å². The number of carbonyl (C=O) groups is 2. The summed E-state index contributed by atoms with van der Waals surface area (Å²) in [4.78, 5) is 30.0. The van der Waals surface area contributed by atoms with Crippen molar-refractivity contribution in [2.75, 3.05) is 0 Å². The van der Waals surface area contributed by atoms with Crippen molar-refractivity contribution in [3.63, 3.8) is 0 Å². The first-order valence-electron chi connectivity index (χ1n) is 10.2. The highest BCUT2D eigenvalue weighted by atomic mass is 16.5. The van der Waals surface area contributed by atoms with E-state index in [9.17, 15) is 9.59 Å². The number of rotatable bonds is 7. The molecular formula is C23H28N4O3. The van der Waals surface area contributed by atoms with Crippen LogP contribution in [0, 0.1) is 0 Å². The maximum absolute atomic E-state index is 12.9. The number of carbonyl (C=O) groups excluding carboxylic acids is 2. The lowest BCUT2D eigenvalue weighted by Gasteiger charge is -2.15. The fourth-order valence-corrected chi connectivity index (χ4v) is 3.09. The number of hydrogen-bond acceptors (Lipinski definition) is 5. The van der Waals surface area contributed by atoms with Gasteiger partial charge < -0.3 is 10.1 Å². The van der Waals surface area contributed by atoms with Crippen LogP contribution in [0.4, 0.5) is 0 Å². The van der Waals surface area contributed by atoms with Gasteiger partial charge in [-0.2, -0.15) is 5.10 Å². The molecule has 0 spiro atoms. The Morgan fingerprint density at radius 2 is 1.80 bits per heavy atom. The molecule has 0 aliphatic carbocycles. The number of fused-ring (bicyclic) bond motifs is 1. The average molecular weight is 409 g/mol. The van der Waals surface area contributed by atoms with E-state index in [1.54, 1.807) is 23.9 Å². The Kier molecular flexibility index (Phi) is 6.50. The molecule has 0 saturated heterocycles. The molecule has 30 heavy (non-hydrogen) atoms. The number of nitrogens with zero attached hydrogens (tertiary/aromatic N) is 3. The summed E-state index contributed by atoms with van der Waals surface area (Å²) in [5.74, 6) is -0.780. The molecule has 1 N–H and O–H groups in total. The van der Waals surface area contributed by atoms with Gasteiger partial charge >= 0.3 is 5.97 Å². The fraction of sp³-hybridized carbons (Fsp3) is 0.391. The third kappa shape index (κ3) is 4.67. The average Bonchev–Trinajstić information content (AvgIpc) is 3.16. The SMILES string of the molecule is CC(OC(=O)c1cc(C(C)C)nc2c1cnn2C(C)C)C(=O)NCc1ccccc1. The molecule has 7 heteroatoms. The number of aromatic nitrogens is 3. The monoisotopic (exact) mass is 408 g/mol. The topological polar surface area (TPSA) is 86.1 Å². The van der Waals surface area contributed by atoms with Gasteiger partial charge in [-0.05, 0) is 38.3 Å². The van der Waals surface area contributed by atoms with Crippen molar-refractivity contribution >= 4 is 22.9 Å². The van der Waals surface area contributed by atoms with Crippen LogP contribution >= 0.6 is 0 Å². The highest BCUT2D eigenvalue weighted by molar-refractivity contribution is 6.03. The number of benzene rings is 1. The van der Waals surface area contributed by atoms with E-state index in [1.165, 1.54) is 0 Å². The van der Waals surface area contributed by atoms with Crippen LogP contribution in [0.2, 0.25) is 0 Å². The molecule has 0 bridgehead atoms. The second-order valence-corrected chi connectivity index (χ2v) is 7.92. The molecule has 1 atom stereocenters. The normalized spacial score (nSPS) is 12.4. The van der Waals surface area contributed by atoms with E-state index in [1.807, 2.05) is 58.0 Å². The fourth-order valence-electron chi connectivity index (χ4n) is 3.09. The van der Waals surface area contributed by atoms with E-state index < -0.39 is 12.1 Å². The Morgan fingerprint density at radius 3 is 2.43 bits per heavy atom. The number of esters is 1. The molecule has 3 rings (SSSR count). The van der Waals surface area contributed by atoms with Crippen LogP contribution in [0.5, 0.6) is 0 Å². The predicted octanol–water partition coefficient (Wildman–Crippen LogP) is 4.00. The lowest BCUT2D eigenvalue weighted by atomic mass is 10.1. The van der Waals surface area contributed by atoms with Crippen LogP contribution in [0.1, 0.15) is 68.2 Å². The molecule has 7 nitrogen and oxygen atoms in total. The Balaban J connectivity index is 1.79. The molecule has 0 fully saturated rings. The number of nitrogens with one attached hydrogen (secondary N) is 1. The van der Waals surface area contributed by atoms with Crippen molar-refractivity contribution in [1.82, 2.24) is 20.1 Å². The number of pyridine rings is 1. The smallest absolute Gasteiger partial charge is 0.339 e. The molecule has 3 aromatic rings. The zero-order chi connectivity index (χ0) is 21.8. The summed E-state index contributed by atoms with van der Waals surface area (Å²) in [6.45, 7) is 9.98. The van der Waals surface area contributed by atoms with Gasteiger partial charge in [0.05, 0.1) is 17.1 Å². The molecule has 2 aromatic heterocycles. The second-order valence-electron chi connectivity index (χ2n) is 7.92. The van der Waals surface area contributed by atoms with E-state index in [0.29, 0.717) is 23.1 Å². The van der Waals surface area contributed by atoms with Crippen molar-refractivity contribution < 1.29 is 14.3 Å². The van der Waals surface area contributed by atoms with Crippen LogP contribution in [0.15, 0.2) is 42.6 Å². The highest BCUT2D eigenvalue weighted by Crippen LogP contribution is 2.25. The number of ether oxygens (including phenoxy) is 1. The van der Waals surface area contributed by atoms with E-state index in [-0.39, 0.29) is 17.9 Å². The van der Waals surface area contributed by atoms with E-state index in [4.69, 9.17) is 4.74 Å². The summed E-state index contributed by atoms with van der Waals surface area (Å²) < 4.78 is 7.27. The molecule has 0 radical (unpaired) electrons. The Morgan fingerprint density at radius 1 is 1.10 bits per heavy atom. The summed E-state index contributed by atoms with van der Waals surface area (Å²) >= 11 is 0. The number of amides is 1. The predicted molar refractivity (Wildman–Crippen MR) is 115 cm³/mol.